The maximum atomic E-state index is 11.2. The normalized spacial score (nSPS) is 18.1. The number of hydrogen-bond acceptors (Lipinski definition) is 2. The third-order valence-electron chi connectivity index (χ3n) is 2.23. The van der Waals surface area contributed by atoms with Crippen LogP contribution in [0.25, 0.3) is 0 Å². The summed E-state index contributed by atoms with van der Waals surface area (Å²) >= 11 is 0. The van der Waals surface area contributed by atoms with Gasteiger partial charge in [-0.2, -0.15) is 0 Å². The van der Waals surface area contributed by atoms with Gasteiger partial charge >= 0.3 is 5.97 Å². The van der Waals surface area contributed by atoms with E-state index >= 15 is 0 Å². The molecule has 0 radical (unpaired) electrons. The summed E-state index contributed by atoms with van der Waals surface area (Å²) in [6.45, 7) is 0. The van der Waals surface area contributed by atoms with Crippen molar-refractivity contribution in [2.75, 3.05) is 7.11 Å². The zero-order valence-corrected chi connectivity index (χ0v) is 8.14. The molecule has 0 saturated carbocycles. The van der Waals surface area contributed by atoms with Gasteiger partial charge in [0.25, 0.3) is 0 Å². The van der Waals surface area contributed by atoms with E-state index < -0.39 is 0 Å². The van der Waals surface area contributed by atoms with Crippen molar-refractivity contribution in [2.24, 2.45) is 0 Å². The van der Waals surface area contributed by atoms with Crippen molar-refractivity contribution in [3.05, 3.63) is 17.4 Å². The molecule has 2 heteroatoms. The number of rotatable bonds is 1. The first-order valence-electron chi connectivity index (χ1n) is 4.87. The summed E-state index contributed by atoms with van der Waals surface area (Å²) in [5, 5.41) is 0. The highest BCUT2D eigenvalue weighted by atomic mass is 16.5. The Morgan fingerprint density at radius 3 is 2.92 bits per heavy atom. The van der Waals surface area contributed by atoms with Crippen LogP contribution in [0.3, 0.4) is 0 Å². The van der Waals surface area contributed by atoms with Crippen LogP contribution >= 0.6 is 0 Å². The van der Waals surface area contributed by atoms with Crippen LogP contribution in [-0.2, 0) is 9.53 Å². The lowest BCUT2D eigenvalue weighted by molar-refractivity contribution is -0.136. The van der Waals surface area contributed by atoms with Crippen molar-refractivity contribution >= 4 is 5.97 Å². The lowest BCUT2D eigenvalue weighted by Crippen LogP contribution is -2.03. The fraction of sp³-hybridized carbons (Fsp3) is 0.636. The molecule has 13 heavy (non-hydrogen) atoms. The van der Waals surface area contributed by atoms with Gasteiger partial charge < -0.3 is 4.74 Å². The zero-order valence-electron chi connectivity index (χ0n) is 8.14. The molecule has 0 aromatic heterocycles. The standard InChI is InChI=1S/C11H16O2/c1-13-11(12)10-8-6-4-2-3-5-7-9-10/h6H,2-5,7,9H2,1H3. The molecule has 72 valence electrons. The molecule has 0 aromatic rings. The summed E-state index contributed by atoms with van der Waals surface area (Å²) in [4.78, 5) is 11.2. The largest absolute Gasteiger partial charge is 0.465 e. The van der Waals surface area contributed by atoms with Crippen molar-refractivity contribution in [2.45, 2.75) is 38.5 Å². The Bertz CT molecular complexity index is 234. The average molecular weight is 180 g/mol. The Morgan fingerprint density at radius 1 is 1.38 bits per heavy atom. The van der Waals surface area contributed by atoms with Gasteiger partial charge in [-0.1, -0.05) is 12.8 Å². The lowest BCUT2D eigenvalue weighted by Gasteiger charge is -2.01. The van der Waals surface area contributed by atoms with Gasteiger partial charge in [0.2, 0.25) is 0 Å². The minimum Gasteiger partial charge on any atom is -0.465 e. The Kier molecular flexibility index (Phi) is 4.34. The first kappa shape index (κ1) is 10.1. The van der Waals surface area contributed by atoms with Crippen molar-refractivity contribution < 1.29 is 9.53 Å². The minimum absolute atomic E-state index is 0.224. The molecule has 0 fully saturated rings. The SMILES string of the molecule is COC(=O)C1=C=CCCCCCC1. The number of carbonyl (C=O) groups excluding carboxylic acids is 1. The molecule has 1 aliphatic rings. The summed E-state index contributed by atoms with van der Waals surface area (Å²) in [5.41, 5.74) is 3.73. The molecule has 0 saturated heterocycles. The number of carbonyl (C=O) groups is 1. The van der Waals surface area contributed by atoms with Gasteiger partial charge in [-0.3, -0.25) is 0 Å². The van der Waals surface area contributed by atoms with E-state index in [0.29, 0.717) is 5.57 Å². The van der Waals surface area contributed by atoms with Crippen LogP contribution in [0.4, 0.5) is 0 Å². The van der Waals surface area contributed by atoms with Crippen molar-refractivity contribution in [3.8, 4) is 0 Å². The maximum absolute atomic E-state index is 11.2. The topological polar surface area (TPSA) is 26.3 Å². The third kappa shape index (κ3) is 3.47. The van der Waals surface area contributed by atoms with E-state index in [1.807, 2.05) is 6.08 Å². The first-order valence-corrected chi connectivity index (χ1v) is 4.87. The van der Waals surface area contributed by atoms with E-state index in [1.54, 1.807) is 0 Å². The van der Waals surface area contributed by atoms with Crippen molar-refractivity contribution in [3.63, 3.8) is 0 Å². The second-order valence-corrected chi connectivity index (χ2v) is 3.27. The molecule has 0 spiro atoms. The third-order valence-corrected chi connectivity index (χ3v) is 2.23. The molecule has 0 amide bonds. The summed E-state index contributed by atoms with van der Waals surface area (Å²) in [6.07, 6.45) is 8.54. The Balaban J connectivity index is 2.65. The summed E-state index contributed by atoms with van der Waals surface area (Å²) in [5.74, 6) is -0.224. The van der Waals surface area contributed by atoms with Crippen LogP contribution in [0.1, 0.15) is 38.5 Å². The Labute approximate surface area is 79.3 Å². The Morgan fingerprint density at radius 2 is 2.15 bits per heavy atom. The van der Waals surface area contributed by atoms with Gasteiger partial charge in [0.15, 0.2) is 0 Å². The van der Waals surface area contributed by atoms with Crippen LogP contribution in [-0.4, -0.2) is 13.1 Å². The van der Waals surface area contributed by atoms with Gasteiger partial charge in [0, 0.05) is 0 Å². The van der Waals surface area contributed by atoms with Crippen molar-refractivity contribution in [1.82, 2.24) is 0 Å². The van der Waals surface area contributed by atoms with Gasteiger partial charge in [0.05, 0.1) is 12.7 Å². The molecule has 0 N–H and O–H groups in total. The van der Waals surface area contributed by atoms with Crippen LogP contribution in [0, 0.1) is 0 Å². The van der Waals surface area contributed by atoms with E-state index in [-0.39, 0.29) is 5.97 Å². The maximum Gasteiger partial charge on any atom is 0.341 e. The zero-order chi connectivity index (χ0) is 9.52. The van der Waals surface area contributed by atoms with Crippen LogP contribution in [0.2, 0.25) is 0 Å². The summed E-state index contributed by atoms with van der Waals surface area (Å²) < 4.78 is 4.67. The van der Waals surface area contributed by atoms with Crippen LogP contribution in [0.5, 0.6) is 0 Å². The molecule has 0 unspecified atom stereocenters. The summed E-state index contributed by atoms with van der Waals surface area (Å²) in [6, 6.07) is 0. The second kappa shape index (κ2) is 5.60. The van der Waals surface area contributed by atoms with Gasteiger partial charge in [0.1, 0.15) is 0 Å². The predicted molar refractivity (Wildman–Crippen MR) is 51.3 cm³/mol. The molecule has 0 atom stereocenters. The smallest absolute Gasteiger partial charge is 0.341 e. The molecule has 1 aliphatic carbocycles. The van der Waals surface area contributed by atoms with E-state index in [2.05, 4.69) is 10.5 Å². The molecule has 2 nitrogen and oxygen atoms in total. The number of ether oxygens (including phenoxy) is 1. The van der Waals surface area contributed by atoms with E-state index in [0.717, 1.165) is 19.3 Å². The molecular formula is C11H16O2. The molecule has 0 aliphatic heterocycles. The summed E-state index contributed by atoms with van der Waals surface area (Å²) in [7, 11) is 1.42. The average Bonchev–Trinajstić information content (AvgIpc) is 2.29. The highest BCUT2D eigenvalue weighted by molar-refractivity contribution is 5.88. The number of hydrogen-bond donors (Lipinski definition) is 0. The first-order chi connectivity index (χ1) is 6.34. The number of esters is 1. The monoisotopic (exact) mass is 180 g/mol. The van der Waals surface area contributed by atoms with Gasteiger partial charge in [-0.05, 0) is 31.8 Å². The van der Waals surface area contributed by atoms with Crippen molar-refractivity contribution in [1.29, 1.82) is 0 Å². The number of methoxy groups -OCH3 is 1. The van der Waals surface area contributed by atoms with Gasteiger partial charge in [-0.25, -0.2) is 4.79 Å². The highest BCUT2D eigenvalue weighted by Gasteiger charge is 2.08. The molecule has 0 heterocycles. The minimum atomic E-state index is -0.224. The quantitative estimate of drug-likeness (QED) is 0.458. The van der Waals surface area contributed by atoms with Crippen LogP contribution < -0.4 is 0 Å². The fourth-order valence-corrected chi connectivity index (χ4v) is 1.45. The van der Waals surface area contributed by atoms with E-state index in [9.17, 15) is 4.79 Å². The highest BCUT2D eigenvalue weighted by Crippen LogP contribution is 2.14. The molecule has 0 aromatic carbocycles. The van der Waals surface area contributed by atoms with E-state index in [4.69, 9.17) is 0 Å². The molecule has 1 rings (SSSR count). The predicted octanol–water partition coefficient (Wildman–Crippen LogP) is 2.60. The molecular weight excluding hydrogens is 164 g/mol. The molecule has 0 bridgehead atoms. The Hall–Kier alpha value is -1.01. The van der Waals surface area contributed by atoms with E-state index in [1.165, 1.54) is 26.4 Å². The van der Waals surface area contributed by atoms with Gasteiger partial charge in [-0.15, -0.1) is 5.73 Å². The van der Waals surface area contributed by atoms with Crippen LogP contribution in [0.15, 0.2) is 17.4 Å². The fourth-order valence-electron chi connectivity index (χ4n) is 1.45. The second-order valence-electron chi connectivity index (χ2n) is 3.27. The lowest BCUT2D eigenvalue weighted by atomic mass is 10.1.